The van der Waals surface area contributed by atoms with Crippen molar-refractivity contribution in [1.82, 2.24) is 5.32 Å². The average molecular weight is 288 g/mol. The first-order chi connectivity index (χ1) is 9.17. The van der Waals surface area contributed by atoms with Crippen molar-refractivity contribution in [3.63, 3.8) is 0 Å². The predicted molar refractivity (Wildman–Crippen MR) is 78.3 cm³/mol. The van der Waals surface area contributed by atoms with Crippen molar-refractivity contribution in [3.05, 3.63) is 34.6 Å². The molecule has 1 rings (SSSR count). The summed E-state index contributed by atoms with van der Waals surface area (Å²) in [7, 11) is 0. The van der Waals surface area contributed by atoms with Crippen LogP contribution in [0.25, 0.3) is 0 Å². The zero-order valence-corrected chi connectivity index (χ0v) is 12.5. The Morgan fingerprint density at radius 3 is 2.79 bits per heavy atom. The Morgan fingerprint density at radius 2 is 2.16 bits per heavy atom. The van der Waals surface area contributed by atoms with Crippen LogP contribution in [0.2, 0.25) is 5.02 Å². The first kappa shape index (κ1) is 16.4. The molecule has 2 nitrogen and oxygen atoms in total. The standard InChI is InChI=1S/C15H23ClFNO/c1-3-8-18-14(7-9-19-4-2)10-12-5-6-13(17)11-15(12)16/h5-6,11,14,18H,3-4,7-10H2,1-2H3. The van der Waals surface area contributed by atoms with E-state index in [1.54, 1.807) is 6.07 Å². The number of rotatable bonds is 9. The van der Waals surface area contributed by atoms with E-state index in [2.05, 4.69) is 12.2 Å². The highest BCUT2D eigenvalue weighted by molar-refractivity contribution is 6.31. The highest BCUT2D eigenvalue weighted by atomic mass is 35.5. The summed E-state index contributed by atoms with van der Waals surface area (Å²) < 4.78 is 18.4. The summed E-state index contributed by atoms with van der Waals surface area (Å²) in [5.74, 6) is -0.291. The summed E-state index contributed by atoms with van der Waals surface area (Å²) in [6, 6.07) is 4.91. The van der Waals surface area contributed by atoms with Gasteiger partial charge in [-0.1, -0.05) is 24.6 Å². The van der Waals surface area contributed by atoms with Crippen LogP contribution in [0.1, 0.15) is 32.3 Å². The molecule has 0 aliphatic rings. The van der Waals surface area contributed by atoms with E-state index >= 15 is 0 Å². The minimum absolute atomic E-state index is 0.291. The molecule has 0 fully saturated rings. The molecule has 0 radical (unpaired) electrons. The predicted octanol–water partition coefficient (Wildman–Crippen LogP) is 3.82. The van der Waals surface area contributed by atoms with Gasteiger partial charge in [-0.3, -0.25) is 0 Å². The van der Waals surface area contributed by atoms with Gasteiger partial charge in [-0.05, 0) is 50.4 Å². The molecule has 19 heavy (non-hydrogen) atoms. The van der Waals surface area contributed by atoms with Gasteiger partial charge in [0.1, 0.15) is 5.82 Å². The summed E-state index contributed by atoms with van der Waals surface area (Å²) in [4.78, 5) is 0. The lowest BCUT2D eigenvalue weighted by molar-refractivity contribution is 0.136. The van der Waals surface area contributed by atoms with E-state index in [0.29, 0.717) is 11.1 Å². The molecule has 1 atom stereocenters. The van der Waals surface area contributed by atoms with Crippen molar-refractivity contribution in [2.75, 3.05) is 19.8 Å². The average Bonchev–Trinajstić information content (AvgIpc) is 2.39. The maximum atomic E-state index is 13.0. The van der Waals surface area contributed by atoms with Crippen LogP contribution in [0.3, 0.4) is 0 Å². The molecule has 0 heterocycles. The SMILES string of the molecule is CCCNC(CCOCC)Cc1ccc(F)cc1Cl. The van der Waals surface area contributed by atoms with Gasteiger partial charge in [0.05, 0.1) is 0 Å². The van der Waals surface area contributed by atoms with E-state index in [0.717, 1.165) is 44.6 Å². The summed E-state index contributed by atoms with van der Waals surface area (Å²) in [5, 5.41) is 3.99. The number of hydrogen-bond acceptors (Lipinski definition) is 2. The fraction of sp³-hybridized carbons (Fsp3) is 0.600. The van der Waals surface area contributed by atoms with Crippen molar-refractivity contribution in [2.24, 2.45) is 0 Å². The lowest BCUT2D eigenvalue weighted by Crippen LogP contribution is -2.33. The van der Waals surface area contributed by atoms with Gasteiger partial charge >= 0.3 is 0 Å². The molecule has 108 valence electrons. The Hall–Kier alpha value is -0.640. The molecule has 0 aliphatic heterocycles. The molecule has 1 aromatic carbocycles. The zero-order chi connectivity index (χ0) is 14.1. The van der Waals surface area contributed by atoms with Gasteiger partial charge in [-0.15, -0.1) is 0 Å². The van der Waals surface area contributed by atoms with Crippen molar-refractivity contribution < 1.29 is 9.13 Å². The van der Waals surface area contributed by atoms with Gasteiger partial charge < -0.3 is 10.1 Å². The summed E-state index contributed by atoms with van der Waals surface area (Å²) in [6.07, 6.45) is 2.82. The first-order valence-corrected chi connectivity index (χ1v) is 7.30. The van der Waals surface area contributed by atoms with Crippen molar-refractivity contribution in [3.8, 4) is 0 Å². The molecule has 0 spiro atoms. The summed E-state index contributed by atoms with van der Waals surface area (Å²) in [6.45, 7) is 6.56. The van der Waals surface area contributed by atoms with Crippen LogP contribution in [0, 0.1) is 5.82 Å². The van der Waals surface area contributed by atoms with E-state index in [1.165, 1.54) is 12.1 Å². The lowest BCUT2D eigenvalue weighted by Gasteiger charge is -2.19. The molecule has 1 N–H and O–H groups in total. The van der Waals surface area contributed by atoms with Gasteiger partial charge in [0.2, 0.25) is 0 Å². The number of ether oxygens (including phenoxy) is 1. The molecule has 4 heteroatoms. The van der Waals surface area contributed by atoms with Gasteiger partial charge in [0.15, 0.2) is 0 Å². The minimum Gasteiger partial charge on any atom is -0.382 e. The maximum Gasteiger partial charge on any atom is 0.124 e. The number of benzene rings is 1. The monoisotopic (exact) mass is 287 g/mol. The van der Waals surface area contributed by atoms with Gasteiger partial charge in [0, 0.05) is 24.3 Å². The van der Waals surface area contributed by atoms with Crippen LogP contribution in [0.5, 0.6) is 0 Å². The van der Waals surface area contributed by atoms with Crippen LogP contribution in [-0.4, -0.2) is 25.8 Å². The number of halogens is 2. The number of nitrogens with one attached hydrogen (secondary N) is 1. The largest absolute Gasteiger partial charge is 0.382 e. The fourth-order valence-corrected chi connectivity index (χ4v) is 2.19. The third-order valence-electron chi connectivity index (χ3n) is 2.98. The third-order valence-corrected chi connectivity index (χ3v) is 3.33. The van der Waals surface area contributed by atoms with Gasteiger partial charge in [0.25, 0.3) is 0 Å². The molecule has 0 amide bonds. The van der Waals surface area contributed by atoms with Gasteiger partial charge in [-0.2, -0.15) is 0 Å². The van der Waals surface area contributed by atoms with Crippen LogP contribution in [0.15, 0.2) is 18.2 Å². The Balaban J connectivity index is 2.58. The van der Waals surface area contributed by atoms with E-state index < -0.39 is 0 Å². The second kappa shape index (κ2) is 9.29. The maximum absolute atomic E-state index is 13.0. The van der Waals surface area contributed by atoms with E-state index in [9.17, 15) is 4.39 Å². The fourth-order valence-electron chi connectivity index (χ4n) is 1.95. The van der Waals surface area contributed by atoms with E-state index in [1.807, 2.05) is 6.92 Å². The lowest BCUT2D eigenvalue weighted by atomic mass is 10.0. The van der Waals surface area contributed by atoms with Crippen LogP contribution >= 0.6 is 11.6 Å². The molecule has 1 aromatic rings. The quantitative estimate of drug-likeness (QED) is 0.697. The molecular formula is C15H23ClFNO. The normalized spacial score (nSPS) is 12.6. The molecule has 1 unspecified atom stereocenters. The molecule has 0 saturated heterocycles. The van der Waals surface area contributed by atoms with Crippen molar-refractivity contribution in [1.29, 1.82) is 0 Å². The van der Waals surface area contributed by atoms with Gasteiger partial charge in [-0.25, -0.2) is 4.39 Å². The van der Waals surface area contributed by atoms with Crippen LogP contribution in [0.4, 0.5) is 4.39 Å². The molecule has 0 bridgehead atoms. The molecular weight excluding hydrogens is 265 g/mol. The Labute approximate surface area is 120 Å². The zero-order valence-electron chi connectivity index (χ0n) is 11.7. The van der Waals surface area contributed by atoms with Crippen LogP contribution < -0.4 is 5.32 Å². The molecule has 0 aromatic heterocycles. The van der Waals surface area contributed by atoms with E-state index in [-0.39, 0.29) is 5.82 Å². The summed E-state index contributed by atoms with van der Waals surface area (Å²) >= 11 is 6.07. The highest BCUT2D eigenvalue weighted by Gasteiger charge is 2.11. The minimum atomic E-state index is -0.291. The second-order valence-electron chi connectivity index (χ2n) is 4.58. The topological polar surface area (TPSA) is 21.3 Å². The Kier molecular flexibility index (Phi) is 8.03. The Morgan fingerprint density at radius 1 is 1.37 bits per heavy atom. The molecule has 0 aliphatic carbocycles. The van der Waals surface area contributed by atoms with E-state index in [4.69, 9.17) is 16.3 Å². The first-order valence-electron chi connectivity index (χ1n) is 6.92. The highest BCUT2D eigenvalue weighted by Crippen LogP contribution is 2.19. The number of hydrogen-bond donors (Lipinski definition) is 1. The smallest absolute Gasteiger partial charge is 0.124 e. The summed E-state index contributed by atoms with van der Waals surface area (Å²) in [5.41, 5.74) is 0.980. The third kappa shape index (κ3) is 6.37. The second-order valence-corrected chi connectivity index (χ2v) is 4.98. The van der Waals surface area contributed by atoms with Crippen molar-refractivity contribution in [2.45, 2.75) is 39.2 Å². The van der Waals surface area contributed by atoms with Crippen molar-refractivity contribution >= 4 is 11.6 Å². The van der Waals surface area contributed by atoms with Crippen LogP contribution in [-0.2, 0) is 11.2 Å². The molecule has 0 saturated carbocycles. The Bertz CT molecular complexity index is 373.